The molecule has 0 radical (unpaired) electrons. The highest BCUT2D eigenvalue weighted by atomic mass is 16.4. The number of rotatable bonds is 20. The molecule has 6 rings (SSSR count). The van der Waals surface area contributed by atoms with Gasteiger partial charge in [-0.15, -0.1) is 0 Å². The fourth-order valence-electron chi connectivity index (χ4n) is 10.7. The molecular formula is C55H78N14O16. The number of carboxylic acids is 6. The van der Waals surface area contributed by atoms with Crippen LogP contribution < -0.4 is 21.7 Å². The number of carboxylic acid groups (broad SMARTS) is 6. The predicted octanol–water partition coefficient (Wildman–Crippen LogP) is -1.73. The lowest BCUT2D eigenvalue weighted by atomic mass is 9.98. The molecule has 85 heavy (non-hydrogen) atoms. The molecule has 2 fully saturated rings. The Bertz CT molecular complexity index is 2780. The van der Waals surface area contributed by atoms with Crippen molar-refractivity contribution in [3.05, 3.63) is 71.0 Å². The van der Waals surface area contributed by atoms with Crippen LogP contribution in [0.3, 0.4) is 0 Å². The first-order chi connectivity index (χ1) is 40.7. The standard InChI is InChI=1S/C55H78N14O16/c70-44(30-62-13-5-15-66(34-48(76)77)25-27-68(36-50(80)81)19-7-17-64(23-21-62)32-46(72)73)58-60-54(84)52-40(38-9-1-3-11-42(38)56-52)29-41-39-10-2-4-12-43(39)57-53(41)55(85)61-59-45(71)31-63-14-6-16-67(35-49(78)79)26-28-69(37-51(82)83)20-8-18-65(24-22-63)33-47(74)75/h1-4,9-12,56-57H,5-8,13-37H2,(H,58,70)(H,59,71)(H,60,84)(H,61,85)(H,72,73)(H,74,75)(H,76,77)(H,78,79)(H,80,81)(H,82,83). The van der Waals surface area contributed by atoms with Crippen LogP contribution >= 0.6 is 0 Å². The summed E-state index contributed by atoms with van der Waals surface area (Å²) in [5.41, 5.74) is 12.2. The molecule has 0 spiro atoms. The number of aromatic amines is 2. The molecule has 12 N–H and O–H groups in total. The van der Waals surface area contributed by atoms with Crippen LogP contribution in [0.5, 0.6) is 0 Å². The van der Waals surface area contributed by atoms with Crippen LogP contribution in [0.1, 0.15) is 57.8 Å². The number of fused-ring (bicyclic) bond motifs is 2. The Morgan fingerprint density at radius 3 is 0.812 bits per heavy atom. The van der Waals surface area contributed by atoms with Gasteiger partial charge in [0.2, 0.25) is 0 Å². The van der Waals surface area contributed by atoms with Gasteiger partial charge in [0.15, 0.2) is 0 Å². The molecule has 4 heterocycles. The van der Waals surface area contributed by atoms with Crippen molar-refractivity contribution >= 4 is 81.3 Å². The van der Waals surface area contributed by atoms with E-state index < -0.39 is 59.4 Å². The Morgan fingerprint density at radius 1 is 0.329 bits per heavy atom. The number of nitrogens with one attached hydrogen (secondary N) is 6. The summed E-state index contributed by atoms with van der Waals surface area (Å²) in [5, 5.41) is 58.8. The van der Waals surface area contributed by atoms with Gasteiger partial charge in [-0.3, -0.25) is 109 Å². The summed E-state index contributed by atoms with van der Waals surface area (Å²) in [6, 6.07) is 14.2. The van der Waals surface area contributed by atoms with Crippen molar-refractivity contribution < 1.29 is 78.6 Å². The highest BCUT2D eigenvalue weighted by molar-refractivity contribution is 6.05. The van der Waals surface area contributed by atoms with Crippen LogP contribution in [0, 0.1) is 0 Å². The summed E-state index contributed by atoms with van der Waals surface area (Å²) in [7, 11) is 0. The zero-order valence-corrected chi connectivity index (χ0v) is 47.5. The zero-order chi connectivity index (χ0) is 61.4. The molecule has 0 unspecified atom stereocenters. The number of hydrogen-bond donors (Lipinski definition) is 12. The van der Waals surface area contributed by atoms with E-state index in [2.05, 4.69) is 31.7 Å². The van der Waals surface area contributed by atoms with Crippen LogP contribution in [-0.4, -0.2) is 296 Å². The molecule has 2 aliphatic rings. The second-order valence-corrected chi connectivity index (χ2v) is 21.2. The number of hydrazine groups is 2. The highest BCUT2D eigenvalue weighted by Gasteiger charge is 2.27. The number of H-pyrrole nitrogens is 2. The molecule has 2 aromatic heterocycles. The number of aliphatic carboxylic acids is 6. The number of carbonyl (C=O) groups excluding carboxylic acids is 4. The van der Waals surface area contributed by atoms with Crippen LogP contribution in [0.4, 0.5) is 0 Å². The molecule has 2 saturated heterocycles. The number of para-hydroxylation sites is 2. The zero-order valence-electron chi connectivity index (χ0n) is 47.5. The quantitative estimate of drug-likeness (QED) is 0.0438. The average Bonchev–Trinajstić information content (AvgIpc) is 2.07. The minimum atomic E-state index is -1.06. The van der Waals surface area contributed by atoms with Gasteiger partial charge in [-0.1, -0.05) is 36.4 Å². The molecule has 2 aliphatic heterocycles. The fraction of sp³-hybridized carbons (Fsp3) is 0.527. The average molecular weight is 1190 g/mol. The third-order valence-corrected chi connectivity index (χ3v) is 14.7. The number of nitrogens with zero attached hydrogens (tertiary/aromatic N) is 8. The summed E-state index contributed by atoms with van der Waals surface area (Å²) < 4.78 is 0. The van der Waals surface area contributed by atoms with Crippen molar-refractivity contribution in [1.82, 2.24) is 70.9 Å². The monoisotopic (exact) mass is 1190 g/mol. The fourth-order valence-corrected chi connectivity index (χ4v) is 10.7. The molecule has 2 aromatic carbocycles. The minimum Gasteiger partial charge on any atom is -0.480 e. The van der Waals surface area contributed by atoms with Crippen molar-refractivity contribution in [3.8, 4) is 0 Å². The van der Waals surface area contributed by atoms with Gasteiger partial charge in [-0.2, -0.15) is 0 Å². The molecule has 464 valence electrons. The number of carbonyl (C=O) groups is 10. The molecule has 30 nitrogen and oxygen atoms in total. The summed E-state index contributed by atoms with van der Waals surface area (Å²) in [4.78, 5) is 146. The molecular weight excluding hydrogens is 1110 g/mol. The summed E-state index contributed by atoms with van der Waals surface area (Å²) in [6.45, 7) is 2.31. The van der Waals surface area contributed by atoms with Crippen LogP contribution in [0.15, 0.2) is 48.5 Å². The van der Waals surface area contributed by atoms with E-state index in [1.165, 1.54) is 0 Å². The van der Waals surface area contributed by atoms with Gasteiger partial charge in [0, 0.05) is 120 Å². The van der Waals surface area contributed by atoms with Gasteiger partial charge in [0.05, 0.1) is 52.4 Å². The SMILES string of the molecule is O=C(O)CN1CCCN(CC(=O)O)CCN(CC(=O)NNC(=O)c2[nH]c3ccccc3c2Cc2c(C(=O)NNC(=O)CN3CCCN(CC(=O)O)CCN(CC(=O)O)CCCN(CC(=O)O)CC3)[nH]c3ccccc23)CCCN(CC(=O)O)CC1. The maximum Gasteiger partial charge on any atom is 0.317 e. The van der Waals surface area contributed by atoms with Crippen molar-refractivity contribution in [2.45, 2.75) is 32.1 Å². The second-order valence-electron chi connectivity index (χ2n) is 21.2. The smallest absolute Gasteiger partial charge is 0.317 e. The Kier molecular flexibility index (Phi) is 26.0. The van der Waals surface area contributed by atoms with E-state index in [0.717, 1.165) is 0 Å². The van der Waals surface area contributed by atoms with Gasteiger partial charge in [0.1, 0.15) is 11.4 Å². The maximum absolute atomic E-state index is 14.2. The Hall–Kier alpha value is -8.10. The van der Waals surface area contributed by atoms with Crippen LogP contribution in [-0.2, 0) is 44.8 Å². The van der Waals surface area contributed by atoms with E-state index in [0.29, 0.717) is 97.9 Å². The summed E-state index contributed by atoms with van der Waals surface area (Å²) in [5.74, 6) is -8.97. The molecule has 0 saturated carbocycles. The summed E-state index contributed by atoms with van der Waals surface area (Å²) in [6.07, 6.45) is 1.65. The Morgan fingerprint density at radius 2 is 0.565 bits per heavy atom. The first-order valence-electron chi connectivity index (χ1n) is 28.2. The minimum absolute atomic E-state index is 0.00433. The van der Waals surface area contributed by atoms with E-state index in [4.69, 9.17) is 0 Å². The number of amides is 4. The van der Waals surface area contributed by atoms with Gasteiger partial charge in [0.25, 0.3) is 23.6 Å². The van der Waals surface area contributed by atoms with E-state index in [1.807, 2.05) is 0 Å². The van der Waals surface area contributed by atoms with Crippen LogP contribution in [0.25, 0.3) is 21.8 Å². The third-order valence-electron chi connectivity index (χ3n) is 14.7. The third kappa shape index (κ3) is 22.4. The number of hydrogen-bond acceptors (Lipinski definition) is 18. The van der Waals surface area contributed by atoms with Gasteiger partial charge >= 0.3 is 35.8 Å². The van der Waals surface area contributed by atoms with Crippen molar-refractivity contribution in [3.63, 3.8) is 0 Å². The first-order valence-corrected chi connectivity index (χ1v) is 28.2. The number of aromatic nitrogens is 2. The summed E-state index contributed by atoms with van der Waals surface area (Å²) >= 11 is 0. The molecule has 4 aromatic rings. The van der Waals surface area contributed by atoms with Crippen molar-refractivity contribution in [1.29, 1.82) is 0 Å². The Balaban J connectivity index is 1.14. The molecule has 0 bridgehead atoms. The lowest BCUT2D eigenvalue weighted by Crippen LogP contribution is -2.49. The lowest BCUT2D eigenvalue weighted by Gasteiger charge is -2.30. The normalized spacial score (nSPS) is 17.5. The second kappa shape index (κ2) is 33.4. The van der Waals surface area contributed by atoms with Crippen LogP contribution in [0.2, 0.25) is 0 Å². The molecule has 0 atom stereocenters. The predicted molar refractivity (Wildman–Crippen MR) is 306 cm³/mol. The van der Waals surface area contributed by atoms with E-state index in [1.54, 1.807) is 87.7 Å². The highest BCUT2D eigenvalue weighted by Crippen LogP contribution is 2.30. The lowest BCUT2D eigenvalue weighted by molar-refractivity contribution is -0.140. The van der Waals surface area contributed by atoms with Gasteiger partial charge < -0.3 is 40.6 Å². The maximum atomic E-state index is 14.2. The van der Waals surface area contributed by atoms with Gasteiger partial charge in [-0.05, 0) is 62.0 Å². The molecule has 30 heteroatoms. The number of benzene rings is 2. The largest absolute Gasteiger partial charge is 0.480 e. The van der Waals surface area contributed by atoms with E-state index in [9.17, 15) is 78.6 Å². The molecule has 0 aliphatic carbocycles. The molecule has 4 amide bonds. The van der Waals surface area contributed by atoms with Crippen molar-refractivity contribution in [2.24, 2.45) is 0 Å². The van der Waals surface area contributed by atoms with E-state index in [-0.39, 0.29) is 136 Å². The first kappa shape index (κ1) is 66.0. The van der Waals surface area contributed by atoms with E-state index >= 15 is 0 Å². The topological polar surface area (TPSA) is 398 Å². The van der Waals surface area contributed by atoms with Crippen molar-refractivity contribution in [2.75, 3.05) is 157 Å². The van der Waals surface area contributed by atoms with Gasteiger partial charge in [-0.25, -0.2) is 0 Å². The Labute approximate surface area is 489 Å².